The van der Waals surface area contributed by atoms with E-state index in [0.29, 0.717) is 0 Å². The molecular formula is C17H20N2O. The quantitative estimate of drug-likeness (QED) is 0.903. The molecular weight excluding hydrogens is 248 g/mol. The Balaban J connectivity index is 1.41. The Labute approximate surface area is 119 Å². The first kappa shape index (κ1) is 12.2. The summed E-state index contributed by atoms with van der Waals surface area (Å²) in [5.41, 5.74) is 4.26. The molecule has 0 amide bonds. The van der Waals surface area contributed by atoms with E-state index in [0.717, 1.165) is 38.0 Å². The highest BCUT2D eigenvalue weighted by Crippen LogP contribution is 2.25. The van der Waals surface area contributed by atoms with Gasteiger partial charge in [-0.15, -0.1) is 0 Å². The molecule has 1 aliphatic heterocycles. The summed E-state index contributed by atoms with van der Waals surface area (Å²) in [6.45, 7) is 3.95. The topological polar surface area (TPSA) is 28.4 Å². The SMILES string of the molecule is c1ccc2c(c1)CN(Cc1ccoc1CNC1CC1)C2. The van der Waals surface area contributed by atoms with Crippen molar-refractivity contribution >= 4 is 0 Å². The lowest BCUT2D eigenvalue weighted by atomic mass is 10.1. The van der Waals surface area contributed by atoms with Crippen LogP contribution in [0.25, 0.3) is 0 Å². The van der Waals surface area contributed by atoms with Crippen LogP contribution in [0.15, 0.2) is 41.0 Å². The third kappa shape index (κ3) is 2.51. The van der Waals surface area contributed by atoms with E-state index in [1.54, 1.807) is 0 Å². The number of rotatable bonds is 5. The molecule has 0 atom stereocenters. The second-order valence-electron chi connectivity index (χ2n) is 5.94. The molecule has 1 saturated carbocycles. The second-order valence-corrected chi connectivity index (χ2v) is 5.94. The van der Waals surface area contributed by atoms with Gasteiger partial charge in [0.05, 0.1) is 12.8 Å². The van der Waals surface area contributed by atoms with Crippen LogP contribution in [0.1, 0.15) is 35.3 Å². The molecule has 0 spiro atoms. The van der Waals surface area contributed by atoms with Gasteiger partial charge in [0.15, 0.2) is 0 Å². The summed E-state index contributed by atoms with van der Waals surface area (Å²) in [5.74, 6) is 1.10. The number of nitrogens with one attached hydrogen (secondary N) is 1. The lowest BCUT2D eigenvalue weighted by molar-refractivity contribution is 0.272. The molecule has 20 heavy (non-hydrogen) atoms. The molecule has 1 aromatic heterocycles. The van der Waals surface area contributed by atoms with Gasteiger partial charge in [0.25, 0.3) is 0 Å². The van der Waals surface area contributed by atoms with Crippen LogP contribution in [-0.4, -0.2) is 10.9 Å². The van der Waals surface area contributed by atoms with Crippen molar-refractivity contribution in [2.45, 2.75) is 45.1 Å². The summed E-state index contributed by atoms with van der Waals surface area (Å²) in [7, 11) is 0. The van der Waals surface area contributed by atoms with Crippen LogP contribution in [0, 0.1) is 0 Å². The van der Waals surface area contributed by atoms with Crippen LogP contribution in [0.5, 0.6) is 0 Å². The predicted octanol–water partition coefficient (Wildman–Crippen LogP) is 3.05. The summed E-state index contributed by atoms with van der Waals surface area (Å²) in [4.78, 5) is 2.48. The summed E-state index contributed by atoms with van der Waals surface area (Å²) >= 11 is 0. The standard InChI is InChI=1S/C17H20N2O/c1-2-4-14-11-19(10-13(14)3-1)12-15-7-8-20-17(15)9-18-16-5-6-16/h1-4,7-8,16,18H,5-6,9-12H2. The smallest absolute Gasteiger partial charge is 0.122 e. The summed E-state index contributed by atoms with van der Waals surface area (Å²) in [5, 5.41) is 3.53. The van der Waals surface area contributed by atoms with Crippen molar-refractivity contribution in [2.75, 3.05) is 0 Å². The molecule has 0 radical (unpaired) electrons. The van der Waals surface area contributed by atoms with Gasteiger partial charge >= 0.3 is 0 Å². The van der Waals surface area contributed by atoms with Crippen molar-refractivity contribution in [3.05, 3.63) is 59.0 Å². The Morgan fingerprint density at radius 1 is 1.10 bits per heavy atom. The van der Waals surface area contributed by atoms with Crippen molar-refractivity contribution in [3.8, 4) is 0 Å². The molecule has 2 aliphatic rings. The maximum atomic E-state index is 5.64. The molecule has 1 aromatic carbocycles. The normalized spacial score (nSPS) is 18.4. The molecule has 2 aromatic rings. The maximum Gasteiger partial charge on any atom is 0.122 e. The second kappa shape index (κ2) is 5.08. The zero-order valence-corrected chi connectivity index (χ0v) is 11.6. The van der Waals surface area contributed by atoms with Crippen molar-refractivity contribution in [2.24, 2.45) is 0 Å². The molecule has 0 saturated heterocycles. The molecule has 1 fully saturated rings. The molecule has 104 valence electrons. The highest BCUT2D eigenvalue weighted by Gasteiger charge is 2.23. The zero-order valence-electron chi connectivity index (χ0n) is 11.6. The minimum atomic E-state index is 0.726. The average molecular weight is 268 g/mol. The third-order valence-electron chi connectivity index (χ3n) is 4.27. The Hall–Kier alpha value is -1.58. The number of benzene rings is 1. The first-order valence-electron chi connectivity index (χ1n) is 7.46. The highest BCUT2D eigenvalue weighted by atomic mass is 16.3. The van der Waals surface area contributed by atoms with Gasteiger partial charge in [-0.25, -0.2) is 0 Å². The van der Waals surface area contributed by atoms with Crippen LogP contribution in [0.3, 0.4) is 0 Å². The first-order chi connectivity index (χ1) is 9.88. The lowest BCUT2D eigenvalue weighted by Crippen LogP contribution is -2.19. The van der Waals surface area contributed by atoms with Gasteiger partial charge in [-0.2, -0.15) is 0 Å². The van der Waals surface area contributed by atoms with E-state index in [4.69, 9.17) is 4.42 Å². The fraction of sp³-hybridized carbons (Fsp3) is 0.412. The van der Waals surface area contributed by atoms with Gasteiger partial charge in [-0.1, -0.05) is 24.3 Å². The summed E-state index contributed by atoms with van der Waals surface area (Å²) in [6, 6.07) is 11.6. The first-order valence-corrected chi connectivity index (χ1v) is 7.46. The molecule has 4 rings (SSSR count). The van der Waals surface area contributed by atoms with E-state index in [2.05, 4.69) is 40.5 Å². The maximum absolute atomic E-state index is 5.64. The Kier molecular flexibility index (Phi) is 3.09. The van der Waals surface area contributed by atoms with E-state index < -0.39 is 0 Å². The van der Waals surface area contributed by atoms with Crippen molar-refractivity contribution < 1.29 is 4.42 Å². The Morgan fingerprint density at radius 2 is 1.85 bits per heavy atom. The molecule has 2 heterocycles. The minimum Gasteiger partial charge on any atom is -0.468 e. The third-order valence-corrected chi connectivity index (χ3v) is 4.27. The number of nitrogens with zero attached hydrogens (tertiary/aromatic N) is 1. The fourth-order valence-corrected chi connectivity index (χ4v) is 2.94. The minimum absolute atomic E-state index is 0.726. The van der Waals surface area contributed by atoms with Crippen LogP contribution in [0.4, 0.5) is 0 Å². The van der Waals surface area contributed by atoms with Crippen molar-refractivity contribution in [1.82, 2.24) is 10.2 Å². The van der Waals surface area contributed by atoms with Crippen LogP contribution in [0.2, 0.25) is 0 Å². The zero-order chi connectivity index (χ0) is 13.4. The van der Waals surface area contributed by atoms with Gasteiger partial charge in [-0.3, -0.25) is 4.90 Å². The number of hydrogen-bond acceptors (Lipinski definition) is 3. The summed E-state index contributed by atoms with van der Waals surface area (Å²) < 4.78 is 5.64. The number of hydrogen-bond donors (Lipinski definition) is 1. The van der Waals surface area contributed by atoms with Crippen LogP contribution < -0.4 is 5.32 Å². The molecule has 1 aliphatic carbocycles. The van der Waals surface area contributed by atoms with Crippen molar-refractivity contribution in [3.63, 3.8) is 0 Å². The number of furan rings is 1. The van der Waals surface area contributed by atoms with E-state index in [-0.39, 0.29) is 0 Å². The molecule has 0 unspecified atom stereocenters. The molecule has 1 N–H and O–H groups in total. The largest absolute Gasteiger partial charge is 0.468 e. The van der Waals surface area contributed by atoms with Gasteiger partial charge in [-0.05, 0) is 30.0 Å². The van der Waals surface area contributed by atoms with Gasteiger partial charge in [0.1, 0.15) is 5.76 Å². The monoisotopic (exact) mass is 268 g/mol. The van der Waals surface area contributed by atoms with Gasteiger partial charge in [0, 0.05) is 31.2 Å². The average Bonchev–Trinajstić information content (AvgIpc) is 3.04. The van der Waals surface area contributed by atoms with Gasteiger partial charge in [0.2, 0.25) is 0 Å². The lowest BCUT2D eigenvalue weighted by Gasteiger charge is -2.14. The van der Waals surface area contributed by atoms with E-state index in [1.165, 1.54) is 29.5 Å². The Bertz CT molecular complexity index is 576. The highest BCUT2D eigenvalue weighted by molar-refractivity contribution is 5.30. The fourth-order valence-electron chi connectivity index (χ4n) is 2.94. The van der Waals surface area contributed by atoms with E-state index in [9.17, 15) is 0 Å². The summed E-state index contributed by atoms with van der Waals surface area (Å²) in [6.07, 6.45) is 4.46. The number of fused-ring (bicyclic) bond motifs is 1. The predicted molar refractivity (Wildman–Crippen MR) is 78.0 cm³/mol. The molecule has 0 bridgehead atoms. The van der Waals surface area contributed by atoms with E-state index in [1.807, 2.05) is 6.26 Å². The van der Waals surface area contributed by atoms with Crippen LogP contribution in [-0.2, 0) is 26.2 Å². The Morgan fingerprint density at radius 3 is 2.55 bits per heavy atom. The van der Waals surface area contributed by atoms with Gasteiger partial charge < -0.3 is 9.73 Å². The van der Waals surface area contributed by atoms with E-state index >= 15 is 0 Å². The molecule has 3 nitrogen and oxygen atoms in total. The van der Waals surface area contributed by atoms with Crippen molar-refractivity contribution in [1.29, 1.82) is 0 Å². The molecule has 3 heteroatoms. The van der Waals surface area contributed by atoms with Crippen LogP contribution >= 0.6 is 0 Å².